The minimum atomic E-state index is 0.305. The summed E-state index contributed by atoms with van der Waals surface area (Å²) in [5, 5.41) is 5.65. The number of ether oxygens (including phenoxy) is 2. The maximum Gasteiger partial charge on any atom is 0.231 e. The van der Waals surface area contributed by atoms with Gasteiger partial charge in [0.15, 0.2) is 11.5 Å². The van der Waals surface area contributed by atoms with Crippen molar-refractivity contribution in [3.05, 3.63) is 44.1 Å². The molecule has 106 valence electrons. The third-order valence-electron chi connectivity index (χ3n) is 3.32. The lowest BCUT2D eigenvalue weighted by Gasteiger charge is -2.07. The van der Waals surface area contributed by atoms with E-state index in [0.717, 1.165) is 35.5 Å². The van der Waals surface area contributed by atoms with Gasteiger partial charge in [-0.2, -0.15) is 0 Å². The summed E-state index contributed by atoms with van der Waals surface area (Å²) < 4.78 is 11.8. The van der Waals surface area contributed by atoms with Gasteiger partial charge in [-0.1, -0.05) is 6.92 Å². The van der Waals surface area contributed by atoms with Crippen molar-refractivity contribution >= 4 is 27.3 Å². The van der Waals surface area contributed by atoms with Crippen molar-refractivity contribution in [3.63, 3.8) is 0 Å². The molecule has 5 heteroatoms. The van der Waals surface area contributed by atoms with Crippen LogP contribution in [0.15, 0.2) is 28.1 Å². The number of halogens is 1. The van der Waals surface area contributed by atoms with Gasteiger partial charge in [0.1, 0.15) is 0 Å². The molecule has 1 aliphatic heterocycles. The highest BCUT2D eigenvalue weighted by Crippen LogP contribution is 2.39. The molecule has 20 heavy (non-hydrogen) atoms. The first kappa shape index (κ1) is 13.9. The molecule has 0 saturated heterocycles. The Bertz CT molecular complexity index is 612. The smallest absolute Gasteiger partial charge is 0.231 e. The fourth-order valence-corrected chi connectivity index (χ4v) is 3.83. The Morgan fingerprint density at radius 3 is 3.05 bits per heavy atom. The van der Waals surface area contributed by atoms with Gasteiger partial charge >= 0.3 is 0 Å². The molecule has 0 fully saturated rings. The summed E-state index contributed by atoms with van der Waals surface area (Å²) in [4.78, 5) is 1.42. The summed E-state index contributed by atoms with van der Waals surface area (Å²) in [6.45, 7) is 4.23. The molecule has 0 unspecified atom stereocenters. The summed E-state index contributed by atoms with van der Waals surface area (Å²) in [5.41, 5.74) is 2.63. The van der Waals surface area contributed by atoms with Crippen LogP contribution >= 0.6 is 27.3 Å². The van der Waals surface area contributed by atoms with Gasteiger partial charge < -0.3 is 14.8 Å². The molecule has 0 radical (unpaired) electrons. The lowest BCUT2D eigenvalue weighted by molar-refractivity contribution is 0.173. The molecule has 0 spiro atoms. The van der Waals surface area contributed by atoms with Crippen LogP contribution in [0.4, 0.5) is 0 Å². The zero-order valence-electron chi connectivity index (χ0n) is 11.2. The fraction of sp³-hybridized carbons (Fsp3) is 0.333. The van der Waals surface area contributed by atoms with Crippen molar-refractivity contribution < 1.29 is 9.47 Å². The average molecular weight is 354 g/mol. The van der Waals surface area contributed by atoms with Crippen LogP contribution < -0.4 is 14.8 Å². The largest absolute Gasteiger partial charge is 0.454 e. The summed E-state index contributed by atoms with van der Waals surface area (Å²) >= 11 is 5.34. The SMILES string of the molecule is CCc1ccsc1CNCc1cc(Br)c2c(c1)OCO2. The lowest BCUT2D eigenvalue weighted by Crippen LogP contribution is -2.12. The predicted molar refractivity (Wildman–Crippen MR) is 84.5 cm³/mol. The van der Waals surface area contributed by atoms with E-state index in [2.05, 4.69) is 45.7 Å². The fourth-order valence-electron chi connectivity index (χ4n) is 2.28. The van der Waals surface area contributed by atoms with Gasteiger partial charge in [-0.25, -0.2) is 0 Å². The monoisotopic (exact) mass is 353 g/mol. The van der Waals surface area contributed by atoms with Crippen LogP contribution in [-0.4, -0.2) is 6.79 Å². The van der Waals surface area contributed by atoms with Crippen LogP contribution in [0.2, 0.25) is 0 Å². The van der Waals surface area contributed by atoms with E-state index in [-0.39, 0.29) is 0 Å². The van der Waals surface area contributed by atoms with Crippen molar-refractivity contribution in [2.24, 2.45) is 0 Å². The van der Waals surface area contributed by atoms with E-state index in [1.165, 1.54) is 16.0 Å². The van der Waals surface area contributed by atoms with Crippen molar-refractivity contribution in [2.75, 3.05) is 6.79 Å². The van der Waals surface area contributed by atoms with E-state index in [9.17, 15) is 0 Å². The first-order valence-electron chi connectivity index (χ1n) is 6.62. The molecule has 2 aromatic rings. The van der Waals surface area contributed by atoms with Crippen LogP contribution in [0.3, 0.4) is 0 Å². The molecule has 0 saturated carbocycles. The quantitative estimate of drug-likeness (QED) is 0.877. The van der Waals surface area contributed by atoms with Gasteiger partial charge in [-0.3, -0.25) is 0 Å². The molecule has 2 heterocycles. The highest BCUT2D eigenvalue weighted by atomic mass is 79.9. The van der Waals surface area contributed by atoms with Crippen molar-refractivity contribution in [1.29, 1.82) is 0 Å². The van der Waals surface area contributed by atoms with Crippen LogP contribution in [0, 0.1) is 0 Å². The van der Waals surface area contributed by atoms with E-state index in [1.54, 1.807) is 0 Å². The second-order valence-corrected chi connectivity index (χ2v) is 6.49. The molecular weight excluding hydrogens is 338 g/mol. The third-order valence-corrected chi connectivity index (χ3v) is 4.87. The average Bonchev–Trinajstić information content (AvgIpc) is 3.07. The molecule has 1 aromatic heterocycles. The summed E-state index contributed by atoms with van der Waals surface area (Å²) in [6, 6.07) is 6.32. The van der Waals surface area contributed by atoms with Gasteiger partial charge in [0.25, 0.3) is 0 Å². The zero-order valence-corrected chi connectivity index (χ0v) is 13.6. The number of thiophene rings is 1. The van der Waals surface area contributed by atoms with E-state index >= 15 is 0 Å². The predicted octanol–water partition coefficient (Wildman–Crippen LogP) is 4.09. The van der Waals surface area contributed by atoms with Crippen LogP contribution in [-0.2, 0) is 19.5 Å². The van der Waals surface area contributed by atoms with Crippen molar-refractivity contribution in [1.82, 2.24) is 5.32 Å². The number of hydrogen-bond acceptors (Lipinski definition) is 4. The number of benzene rings is 1. The second-order valence-electron chi connectivity index (χ2n) is 4.64. The Kier molecular flexibility index (Phi) is 4.29. The molecule has 3 nitrogen and oxygen atoms in total. The van der Waals surface area contributed by atoms with Gasteiger partial charge in [0, 0.05) is 18.0 Å². The molecule has 1 N–H and O–H groups in total. The first-order valence-corrected chi connectivity index (χ1v) is 8.29. The minimum absolute atomic E-state index is 0.305. The topological polar surface area (TPSA) is 30.5 Å². The van der Waals surface area contributed by atoms with Crippen molar-refractivity contribution in [2.45, 2.75) is 26.4 Å². The summed E-state index contributed by atoms with van der Waals surface area (Å²) in [5.74, 6) is 1.63. The summed E-state index contributed by atoms with van der Waals surface area (Å²) in [7, 11) is 0. The molecule has 0 atom stereocenters. The molecule has 1 aromatic carbocycles. The zero-order chi connectivity index (χ0) is 13.9. The van der Waals surface area contributed by atoms with Crippen molar-refractivity contribution in [3.8, 4) is 11.5 Å². The molecule has 1 aliphatic rings. The van der Waals surface area contributed by atoms with Crippen LogP contribution in [0.25, 0.3) is 0 Å². The van der Waals surface area contributed by atoms with Crippen LogP contribution in [0.1, 0.15) is 22.9 Å². The Morgan fingerprint density at radius 1 is 1.30 bits per heavy atom. The highest BCUT2D eigenvalue weighted by molar-refractivity contribution is 9.10. The maximum absolute atomic E-state index is 5.43. The van der Waals surface area contributed by atoms with E-state index in [4.69, 9.17) is 9.47 Å². The molecular formula is C15H16BrNO2S. The van der Waals surface area contributed by atoms with Gasteiger partial charge in [0.05, 0.1) is 4.47 Å². The minimum Gasteiger partial charge on any atom is -0.454 e. The van der Waals surface area contributed by atoms with Gasteiger partial charge in [0.2, 0.25) is 6.79 Å². The lowest BCUT2D eigenvalue weighted by atomic mass is 10.2. The summed E-state index contributed by atoms with van der Waals surface area (Å²) in [6.07, 6.45) is 1.09. The molecule has 0 amide bonds. The molecule has 3 rings (SSSR count). The number of aryl methyl sites for hydroxylation is 1. The normalized spacial score (nSPS) is 12.9. The number of hydrogen-bond donors (Lipinski definition) is 1. The first-order chi connectivity index (χ1) is 9.78. The third kappa shape index (κ3) is 2.85. The number of nitrogens with one attached hydrogen (secondary N) is 1. The maximum atomic E-state index is 5.43. The van der Waals surface area contributed by atoms with E-state index in [1.807, 2.05) is 17.4 Å². The Hall–Kier alpha value is -1.04. The standard InChI is InChI=1S/C15H16BrNO2S/c1-2-11-3-4-20-14(11)8-17-7-10-5-12(16)15-13(6-10)18-9-19-15/h3-6,17H,2,7-9H2,1H3. The van der Waals surface area contributed by atoms with E-state index < -0.39 is 0 Å². The number of fused-ring (bicyclic) bond motifs is 1. The highest BCUT2D eigenvalue weighted by Gasteiger charge is 2.17. The Labute approximate surface area is 131 Å². The van der Waals surface area contributed by atoms with Gasteiger partial charge in [-0.05, 0) is 57.1 Å². The number of rotatable bonds is 5. The van der Waals surface area contributed by atoms with Gasteiger partial charge in [-0.15, -0.1) is 11.3 Å². The Balaban J connectivity index is 1.63. The Morgan fingerprint density at radius 2 is 2.20 bits per heavy atom. The molecule has 0 bridgehead atoms. The second kappa shape index (κ2) is 6.16. The van der Waals surface area contributed by atoms with E-state index in [0.29, 0.717) is 6.79 Å². The molecule has 0 aliphatic carbocycles. The van der Waals surface area contributed by atoms with Crippen LogP contribution in [0.5, 0.6) is 11.5 Å².